The zero-order valence-electron chi connectivity index (χ0n) is 16.6. The Kier molecular flexibility index (Phi) is 2.79. The first-order chi connectivity index (χ1) is 13.4. The number of carbonyl (C=O) groups is 1. The summed E-state index contributed by atoms with van der Waals surface area (Å²) in [6, 6.07) is 9.62. The average Bonchev–Trinajstić information content (AvgIpc) is 3.04. The fourth-order valence-electron chi connectivity index (χ4n) is 3.43. The van der Waals surface area contributed by atoms with E-state index in [4.69, 9.17) is 8.85 Å². The second kappa shape index (κ2) is 5.38. The van der Waals surface area contributed by atoms with Crippen LogP contribution in [0.1, 0.15) is 27.7 Å². The van der Waals surface area contributed by atoms with E-state index in [1.807, 2.05) is 0 Å². The molecule has 0 radical (unpaired) electrons. The lowest BCUT2D eigenvalue weighted by Crippen LogP contribution is -2.24. The van der Waals surface area contributed by atoms with Gasteiger partial charge in [-0.25, -0.2) is 17.6 Å². The van der Waals surface area contributed by atoms with Gasteiger partial charge in [0.2, 0.25) is 0 Å². The zero-order chi connectivity index (χ0) is 21.2. The lowest BCUT2D eigenvalue weighted by molar-refractivity contribution is -0.140. The smallest absolute Gasteiger partial charge is 0.332 e. The Balaban J connectivity index is 1.81. The van der Waals surface area contributed by atoms with Crippen LogP contribution in [0.5, 0.6) is 0 Å². The van der Waals surface area contributed by atoms with Gasteiger partial charge in [-0.3, -0.25) is 0 Å². The Morgan fingerprint density at radius 3 is 2.58 bits per heavy atom. The lowest BCUT2D eigenvalue weighted by atomic mass is 9.92. The largest absolute Gasteiger partial charge is 0.446 e. The molecule has 6 heteroatoms. The van der Waals surface area contributed by atoms with E-state index in [0.29, 0.717) is 27.8 Å². The molecule has 2 aromatic rings. The predicted octanol–water partition coefficient (Wildman–Crippen LogP) is 3.48. The molecule has 1 aliphatic carbocycles. The van der Waals surface area contributed by atoms with Crippen molar-refractivity contribution in [2.75, 3.05) is 6.18 Å². The fraction of sp³-hybridized carbons (Fsp3) is 0.150. The Morgan fingerprint density at radius 1 is 1.15 bits per heavy atom. The van der Waals surface area contributed by atoms with Crippen LogP contribution < -0.4 is 0 Å². The maximum Gasteiger partial charge on any atom is 0.332 e. The number of halogens is 1. The average molecular weight is 373 g/mol. The number of sulfone groups is 1. The predicted molar refractivity (Wildman–Crippen MR) is 96.3 cm³/mol. The summed E-state index contributed by atoms with van der Waals surface area (Å²) in [5.74, 6) is -0.964. The summed E-state index contributed by atoms with van der Waals surface area (Å²) in [6.07, 6.45) is -0.0975. The maximum atomic E-state index is 13.8. The lowest BCUT2D eigenvalue weighted by Gasteiger charge is -2.23. The number of benzene rings is 2. The summed E-state index contributed by atoms with van der Waals surface area (Å²) in [5, 5.41) is 0. The quantitative estimate of drug-likeness (QED) is 0.756. The molecular weight excluding hydrogens is 355 g/mol. The molecule has 1 aliphatic heterocycles. The molecule has 0 saturated heterocycles. The molecule has 1 heterocycles. The minimum absolute atomic E-state index is 0.312. The van der Waals surface area contributed by atoms with Crippen LogP contribution in [0, 0.1) is 5.82 Å². The van der Waals surface area contributed by atoms with Crippen LogP contribution >= 0.6 is 0 Å². The second-order valence-corrected chi connectivity index (χ2v) is 7.81. The molecule has 2 aromatic carbocycles. The number of hydrogen-bond acceptors (Lipinski definition) is 4. The van der Waals surface area contributed by atoms with Crippen molar-refractivity contribution in [2.45, 2.75) is 17.4 Å². The van der Waals surface area contributed by atoms with Gasteiger partial charge in [0.15, 0.2) is 15.4 Å². The van der Waals surface area contributed by atoms with E-state index in [1.54, 1.807) is 19.1 Å². The summed E-state index contributed by atoms with van der Waals surface area (Å²) in [6.45, 7) is 1.71. The molecule has 0 N–H and O–H groups in total. The van der Waals surface area contributed by atoms with Crippen molar-refractivity contribution in [3.8, 4) is 0 Å². The van der Waals surface area contributed by atoms with Crippen molar-refractivity contribution >= 4 is 33.0 Å². The van der Waals surface area contributed by atoms with Crippen LogP contribution in [0.15, 0.2) is 53.4 Å². The van der Waals surface area contributed by atoms with Crippen LogP contribution in [0.2, 0.25) is 0 Å². The topological polar surface area (TPSA) is 60.4 Å². The highest BCUT2D eigenvalue weighted by molar-refractivity contribution is 7.90. The van der Waals surface area contributed by atoms with Crippen molar-refractivity contribution in [3.63, 3.8) is 0 Å². The maximum absolute atomic E-state index is 13.8. The number of fused-ring (bicyclic) bond motifs is 3. The molecule has 0 aromatic heterocycles. The van der Waals surface area contributed by atoms with E-state index >= 15 is 0 Å². The van der Waals surface area contributed by atoms with E-state index in [9.17, 15) is 17.6 Å². The van der Waals surface area contributed by atoms with E-state index < -0.39 is 33.4 Å². The molecule has 0 amide bonds. The minimum Gasteiger partial charge on any atom is -0.446 e. The molecule has 132 valence electrons. The number of rotatable bonds is 2. The number of hydrogen-bond donors (Lipinski definition) is 0. The SMILES string of the molecule is [2H]C([2H])([2H])S(=O)(=O)c1ccc(/C=C2\c3ccc(F)cc3C3=CC(=O)OC32C)cc1. The summed E-state index contributed by atoms with van der Waals surface area (Å²) >= 11 is 0. The number of ether oxygens (including phenoxy) is 1. The van der Waals surface area contributed by atoms with Gasteiger partial charge in [-0.05, 0) is 54.0 Å². The standard InChI is InChI=1S/C20H15FO4S/c1-20-17(9-12-3-6-14(7-4-12)26(2,23)24)15-8-5-13(21)10-16(15)18(20)11-19(22)25-20/h3-11H,1-2H3/b17-9+/i2D3. The first-order valence-corrected chi connectivity index (χ1v) is 9.24. The molecule has 0 saturated carbocycles. The highest BCUT2D eigenvalue weighted by Gasteiger charge is 2.49. The summed E-state index contributed by atoms with van der Waals surface area (Å²) in [5.41, 5.74) is 1.93. The second-order valence-electron chi connectivity index (χ2n) is 6.33. The van der Waals surface area contributed by atoms with Crippen molar-refractivity contribution in [1.29, 1.82) is 0 Å². The van der Waals surface area contributed by atoms with Gasteiger partial charge in [0, 0.05) is 27.5 Å². The molecule has 1 atom stereocenters. The molecular formula is C20H15FO4S. The molecule has 2 aliphatic rings. The third kappa shape index (κ3) is 2.49. The monoisotopic (exact) mass is 373 g/mol. The summed E-state index contributed by atoms with van der Waals surface area (Å²) in [7, 11) is -4.45. The van der Waals surface area contributed by atoms with Crippen LogP contribution in [0.3, 0.4) is 0 Å². The Morgan fingerprint density at radius 2 is 1.88 bits per heavy atom. The van der Waals surface area contributed by atoms with Gasteiger partial charge in [-0.2, -0.15) is 0 Å². The van der Waals surface area contributed by atoms with Crippen LogP contribution in [-0.4, -0.2) is 26.2 Å². The molecule has 26 heavy (non-hydrogen) atoms. The Hall–Kier alpha value is -2.73. The number of carbonyl (C=O) groups excluding carboxylic acids is 1. The van der Waals surface area contributed by atoms with Crippen LogP contribution in [0.4, 0.5) is 4.39 Å². The highest BCUT2D eigenvalue weighted by Crippen LogP contribution is 2.53. The van der Waals surface area contributed by atoms with E-state index in [0.717, 1.165) is 0 Å². The van der Waals surface area contributed by atoms with Gasteiger partial charge < -0.3 is 4.74 Å². The van der Waals surface area contributed by atoms with Crippen LogP contribution in [0.25, 0.3) is 17.2 Å². The third-order valence-corrected chi connectivity index (χ3v) is 5.55. The molecule has 0 bridgehead atoms. The molecule has 1 unspecified atom stereocenters. The van der Waals surface area contributed by atoms with Gasteiger partial charge in [0.25, 0.3) is 0 Å². The number of esters is 1. The first-order valence-electron chi connectivity index (χ1n) is 9.26. The zero-order valence-corrected chi connectivity index (χ0v) is 14.4. The van der Waals surface area contributed by atoms with E-state index in [-0.39, 0.29) is 4.90 Å². The van der Waals surface area contributed by atoms with Crippen molar-refractivity contribution in [1.82, 2.24) is 0 Å². The normalized spacial score (nSPS) is 25.0. The van der Waals surface area contributed by atoms with Gasteiger partial charge in [-0.1, -0.05) is 18.2 Å². The van der Waals surface area contributed by atoms with E-state index in [1.165, 1.54) is 42.5 Å². The Labute approximate surface area is 154 Å². The van der Waals surface area contributed by atoms with Crippen molar-refractivity contribution in [2.24, 2.45) is 0 Å². The van der Waals surface area contributed by atoms with Gasteiger partial charge in [-0.15, -0.1) is 0 Å². The highest BCUT2D eigenvalue weighted by atomic mass is 32.2. The Bertz CT molecular complexity index is 1210. The van der Waals surface area contributed by atoms with Crippen molar-refractivity contribution in [3.05, 3.63) is 71.0 Å². The molecule has 0 spiro atoms. The van der Waals surface area contributed by atoms with Gasteiger partial charge in [0.1, 0.15) is 5.82 Å². The molecule has 4 nitrogen and oxygen atoms in total. The van der Waals surface area contributed by atoms with Gasteiger partial charge in [0.05, 0.1) is 4.90 Å². The fourth-order valence-corrected chi connectivity index (χ4v) is 3.93. The molecule has 4 rings (SSSR count). The van der Waals surface area contributed by atoms with Gasteiger partial charge >= 0.3 is 5.97 Å². The summed E-state index contributed by atoms with van der Waals surface area (Å²) < 4.78 is 64.9. The van der Waals surface area contributed by atoms with Crippen LogP contribution in [-0.2, 0) is 19.4 Å². The summed E-state index contributed by atoms with van der Waals surface area (Å²) in [4.78, 5) is 11.6. The molecule has 0 fully saturated rings. The first kappa shape index (κ1) is 13.5. The third-order valence-electron chi connectivity index (χ3n) is 4.66. The van der Waals surface area contributed by atoms with Crippen molar-refractivity contribution < 1.29 is 26.5 Å². The minimum atomic E-state index is -4.45. The van der Waals surface area contributed by atoms with E-state index in [2.05, 4.69) is 0 Å².